The van der Waals surface area contributed by atoms with Crippen LogP contribution in [0.15, 0.2) is 53.4 Å². The van der Waals surface area contributed by atoms with Crippen LogP contribution in [-0.2, 0) is 31.5 Å². The SMILES string of the molecule is CC(C)(C)NC(=O)COC(=O)c1ccc(CNS(=O)(=O)c2ccc(C(C)(C)C)cc2)cc1. The van der Waals surface area contributed by atoms with Gasteiger partial charge in [0.2, 0.25) is 10.0 Å². The normalized spacial score (nSPS) is 12.3. The van der Waals surface area contributed by atoms with Crippen molar-refractivity contribution < 1.29 is 22.7 Å². The molecule has 2 aromatic rings. The van der Waals surface area contributed by atoms with E-state index in [0.29, 0.717) is 5.56 Å². The van der Waals surface area contributed by atoms with Crippen molar-refractivity contribution in [3.63, 3.8) is 0 Å². The second-order valence-electron chi connectivity index (χ2n) is 9.67. The van der Waals surface area contributed by atoms with Crippen LogP contribution in [0.2, 0.25) is 0 Å². The number of carbonyl (C=O) groups excluding carboxylic acids is 2. The summed E-state index contributed by atoms with van der Waals surface area (Å²) in [5, 5.41) is 2.71. The van der Waals surface area contributed by atoms with Crippen LogP contribution >= 0.6 is 0 Å². The Labute approximate surface area is 190 Å². The highest BCUT2D eigenvalue weighted by atomic mass is 32.2. The van der Waals surface area contributed by atoms with Crippen LogP contribution in [0.1, 0.15) is 63.0 Å². The van der Waals surface area contributed by atoms with E-state index in [4.69, 9.17) is 4.74 Å². The van der Waals surface area contributed by atoms with Crippen molar-refractivity contribution in [2.45, 2.75) is 63.9 Å². The molecule has 0 bridgehead atoms. The summed E-state index contributed by atoms with van der Waals surface area (Å²) in [4.78, 5) is 24.1. The van der Waals surface area contributed by atoms with Crippen molar-refractivity contribution >= 4 is 21.9 Å². The first-order valence-electron chi connectivity index (χ1n) is 10.3. The zero-order valence-electron chi connectivity index (χ0n) is 19.5. The first-order chi connectivity index (χ1) is 14.7. The standard InChI is InChI=1S/C24H32N2O5S/c1-23(2,3)19-11-13-20(14-12-19)32(29,30)25-15-17-7-9-18(10-8-17)22(28)31-16-21(27)26-24(4,5)6/h7-14,25H,15-16H2,1-6H3,(H,26,27). The van der Waals surface area contributed by atoms with Gasteiger partial charge >= 0.3 is 5.97 Å². The molecule has 0 aliphatic carbocycles. The molecule has 0 aromatic heterocycles. The van der Waals surface area contributed by atoms with E-state index in [0.717, 1.165) is 5.56 Å². The molecule has 2 aromatic carbocycles. The number of esters is 1. The van der Waals surface area contributed by atoms with Crippen molar-refractivity contribution in [3.05, 3.63) is 65.2 Å². The van der Waals surface area contributed by atoms with Crippen LogP contribution in [-0.4, -0.2) is 32.4 Å². The maximum absolute atomic E-state index is 12.6. The Kier molecular flexibility index (Phi) is 7.85. The molecule has 2 rings (SSSR count). The lowest BCUT2D eigenvalue weighted by Gasteiger charge is -2.20. The number of rotatable bonds is 7. The van der Waals surface area contributed by atoms with Crippen molar-refractivity contribution in [1.29, 1.82) is 0 Å². The minimum atomic E-state index is -3.67. The summed E-state index contributed by atoms with van der Waals surface area (Å²) in [5.74, 6) is -1.01. The quantitative estimate of drug-likeness (QED) is 0.616. The van der Waals surface area contributed by atoms with E-state index in [1.165, 1.54) is 12.1 Å². The molecule has 0 fully saturated rings. The van der Waals surface area contributed by atoms with Crippen molar-refractivity contribution in [2.24, 2.45) is 0 Å². The molecular weight excluding hydrogens is 428 g/mol. The second-order valence-corrected chi connectivity index (χ2v) is 11.4. The van der Waals surface area contributed by atoms with Crippen LogP contribution in [0.5, 0.6) is 0 Å². The molecule has 174 valence electrons. The Morgan fingerprint density at radius 1 is 0.875 bits per heavy atom. The fourth-order valence-corrected chi connectivity index (χ4v) is 3.84. The van der Waals surface area contributed by atoms with E-state index in [1.807, 2.05) is 32.9 Å². The molecule has 0 spiro atoms. The van der Waals surface area contributed by atoms with E-state index in [-0.39, 0.29) is 34.9 Å². The average Bonchev–Trinajstić information content (AvgIpc) is 2.69. The molecule has 0 unspecified atom stereocenters. The van der Waals surface area contributed by atoms with E-state index >= 15 is 0 Å². The molecule has 0 saturated heterocycles. The van der Waals surface area contributed by atoms with Crippen LogP contribution in [0.3, 0.4) is 0 Å². The number of ether oxygens (including phenoxy) is 1. The number of benzene rings is 2. The lowest BCUT2D eigenvalue weighted by molar-refractivity contribution is -0.125. The third-order valence-corrected chi connectivity index (χ3v) is 5.95. The third-order valence-electron chi connectivity index (χ3n) is 4.54. The minimum Gasteiger partial charge on any atom is -0.452 e. The van der Waals surface area contributed by atoms with E-state index in [2.05, 4.69) is 30.8 Å². The number of hydrogen-bond acceptors (Lipinski definition) is 5. The summed E-state index contributed by atoms with van der Waals surface area (Å²) < 4.78 is 32.7. The highest BCUT2D eigenvalue weighted by Gasteiger charge is 2.18. The summed E-state index contributed by atoms with van der Waals surface area (Å²) in [6.07, 6.45) is 0. The predicted molar refractivity (Wildman–Crippen MR) is 124 cm³/mol. The Bertz CT molecular complexity index is 1050. The zero-order chi connectivity index (χ0) is 24.2. The number of amides is 1. The van der Waals surface area contributed by atoms with E-state index in [9.17, 15) is 18.0 Å². The lowest BCUT2D eigenvalue weighted by Crippen LogP contribution is -2.42. The zero-order valence-corrected chi connectivity index (χ0v) is 20.3. The summed E-state index contributed by atoms with van der Waals surface area (Å²) >= 11 is 0. The monoisotopic (exact) mass is 460 g/mol. The number of sulfonamides is 1. The van der Waals surface area contributed by atoms with Gasteiger partial charge in [-0.25, -0.2) is 17.9 Å². The van der Waals surface area contributed by atoms with Gasteiger partial charge in [-0.2, -0.15) is 0 Å². The Balaban J connectivity index is 1.93. The van der Waals surface area contributed by atoms with Gasteiger partial charge < -0.3 is 10.1 Å². The van der Waals surface area contributed by atoms with Crippen LogP contribution in [0.4, 0.5) is 0 Å². The molecule has 0 atom stereocenters. The number of carbonyl (C=O) groups is 2. The van der Waals surface area contributed by atoms with E-state index in [1.54, 1.807) is 24.3 Å². The smallest absolute Gasteiger partial charge is 0.338 e. The first kappa shape index (κ1) is 25.5. The first-order valence-corrected chi connectivity index (χ1v) is 11.8. The van der Waals surface area contributed by atoms with Gasteiger partial charge in [0.05, 0.1) is 10.5 Å². The summed E-state index contributed by atoms with van der Waals surface area (Å²) in [5.41, 5.74) is 1.54. The number of nitrogens with one attached hydrogen (secondary N) is 2. The average molecular weight is 461 g/mol. The van der Waals surface area contributed by atoms with Gasteiger partial charge in [-0.05, 0) is 61.6 Å². The van der Waals surface area contributed by atoms with Crippen LogP contribution in [0, 0.1) is 0 Å². The highest BCUT2D eigenvalue weighted by Crippen LogP contribution is 2.23. The molecule has 0 aliphatic rings. The lowest BCUT2D eigenvalue weighted by atomic mass is 9.87. The molecule has 0 radical (unpaired) electrons. The fourth-order valence-electron chi connectivity index (χ4n) is 2.82. The topological polar surface area (TPSA) is 102 Å². The molecule has 2 N–H and O–H groups in total. The fraction of sp³-hybridized carbons (Fsp3) is 0.417. The Morgan fingerprint density at radius 3 is 1.94 bits per heavy atom. The molecule has 1 amide bonds. The molecule has 0 heterocycles. The van der Waals surface area contributed by atoms with Crippen LogP contribution in [0.25, 0.3) is 0 Å². The molecule has 0 aliphatic heterocycles. The maximum Gasteiger partial charge on any atom is 0.338 e. The Morgan fingerprint density at radius 2 is 1.44 bits per heavy atom. The van der Waals surface area contributed by atoms with Gasteiger partial charge in [0, 0.05) is 12.1 Å². The van der Waals surface area contributed by atoms with Gasteiger partial charge in [0.1, 0.15) is 0 Å². The van der Waals surface area contributed by atoms with Gasteiger partial charge in [0.25, 0.3) is 5.91 Å². The largest absolute Gasteiger partial charge is 0.452 e. The summed E-state index contributed by atoms with van der Waals surface area (Å²) in [7, 11) is -3.67. The molecule has 0 saturated carbocycles. The molecule has 32 heavy (non-hydrogen) atoms. The van der Waals surface area contributed by atoms with Crippen molar-refractivity contribution in [1.82, 2.24) is 10.0 Å². The summed E-state index contributed by atoms with van der Waals surface area (Å²) in [6.45, 7) is 11.4. The van der Waals surface area contributed by atoms with Gasteiger partial charge in [-0.15, -0.1) is 0 Å². The Hall–Kier alpha value is -2.71. The molecular formula is C24H32N2O5S. The number of hydrogen-bond donors (Lipinski definition) is 2. The maximum atomic E-state index is 12.6. The summed E-state index contributed by atoms with van der Waals surface area (Å²) in [6, 6.07) is 13.2. The van der Waals surface area contributed by atoms with Gasteiger partial charge in [-0.3, -0.25) is 4.79 Å². The van der Waals surface area contributed by atoms with E-state index < -0.39 is 21.5 Å². The second kappa shape index (κ2) is 9.83. The van der Waals surface area contributed by atoms with Gasteiger partial charge in [-0.1, -0.05) is 45.0 Å². The van der Waals surface area contributed by atoms with Gasteiger partial charge in [0.15, 0.2) is 6.61 Å². The van der Waals surface area contributed by atoms with Crippen molar-refractivity contribution in [3.8, 4) is 0 Å². The predicted octanol–water partition coefficient (Wildman–Crippen LogP) is 3.53. The van der Waals surface area contributed by atoms with Crippen molar-refractivity contribution in [2.75, 3.05) is 6.61 Å². The molecule has 8 heteroatoms. The minimum absolute atomic E-state index is 0.0605. The third kappa shape index (κ3) is 7.76. The van der Waals surface area contributed by atoms with Crippen LogP contribution < -0.4 is 10.0 Å². The molecule has 7 nitrogen and oxygen atoms in total. The highest BCUT2D eigenvalue weighted by molar-refractivity contribution is 7.89.